The topological polar surface area (TPSA) is 131 Å². The van der Waals surface area contributed by atoms with Crippen LogP contribution in [-0.4, -0.2) is 51.3 Å². The van der Waals surface area contributed by atoms with Gasteiger partial charge in [0, 0.05) is 24.7 Å². The van der Waals surface area contributed by atoms with E-state index in [0.29, 0.717) is 52.8 Å². The maximum absolute atomic E-state index is 13.2. The van der Waals surface area contributed by atoms with Crippen molar-refractivity contribution < 1.29 is 19.1 Å². The first-order valence-corrected chi connectivity index (χ1v) is 11.1. The van der Waals surface area contributed by atoms with Gasteiger partial charge >= 0.3 is 0 Å². The van der Waals surface area contributed by atoms with Crippen LogP contribution >= 0.6 is 0 Å². The Morgan fingerprint density at radius 2 is 1.91 bits per heavy atom. The lowest BCUT2D eigenvalue weighted by Crippen LogP contribution is -2.28. The number of carbonyl (C=O) groups is 2. The Balaban J connectivity index is 1.24. The van der Waals surface area contributed by atoms with E-state index in [1.807, 2.05) is 0 Å². The fourth-order valence-corrected chi connectivity index (χ4v) is 4.36. The number of nitrogens with zero attached hydrogens (tertiary/aromatic N) is 4. The number of carbonyl (C=O) groups excluding carboxylic acids is 2. The van der Waals surface area contributed by atoms with Gasteiger partial charge < -0.3 is 24.7 Å². The van der Waals surface area contributed by atoms with Crippen molar-refractivity contribution in [1.82, 2.24) is 19.7 Å². The molecule has 4 aromatic rings. The lowest BCUT2D eigenvalue weighted by molar-refractivity contribution is -0.122. The highest BCUT2D eigenvalue weighted by Crippen LogP contribution is 2.36. The second-order valence-electron chi connectivity index (χ2n) is 8.27. The molecule has 2 aromatic heterocycles. The first-order valence-electron chi connectivity index (χ1n) is 11.1. The molecule has 0 aliphatic carbocycles. The van der Waals surface area contributed by atoms with Gasteiger partial charge in [0.15, 0.2) is 17.1 Å². The smallest absolute Gasteiger partial charge is 0.261 e. The van der Waals surface area contributed by atoms with Gasteiger partial charge in [-0.05, 0) is 24.3 Å². The molecule has 35 heavy (non-hydrogen) atoms. The van der Waals surface area contributed by atoms with Crippen LogP contribution in [0.1, 0.15) is 6.42 Å². The lowest BCUT2D eigenvalue weighted by Gasteiger charge is -2.22. The van der Waals surface area contributed by atoms with Gasteiger partial charge in [0.25, 0.3) is 5.56 Å². The summed E-state index contributed by atoms with van der Waals surface area (Å²) >= 11 is 0. The highest BCUT2D eigenvalue weighted by atomic mass is 16.6. The number of aromatic amines is 1. The number of H-pyrrole nitrogens is 1. The second-order valence-corrected chi connectivity index (χ2v) is 8.27. The van der Waals surface area contributed by atoms with Crippen LogP contribution in [0.4, 0.5) is 11.4 Å². The van der Waals surface area contributed by atoms with E-state index in [2.05, 4.69) is 20.4 Å². The van der Waals surface area contributed by atoms with Gasteiger partial charge in [0.2, 0.25) is 11.8 Å². The monoisotopic (exact) mass is 472 g/mol. The fourth-order valence-electron chi connectivity index (χ4n) is 4.36. The van der Waals surface area contributed by atoms with Crippen molar-refractivity contribution in [2.24, 2.45) is 5.92 Å². The molecule has 1 atom stereocenters. The average Bonchev–Trinajstić information content (AvgIpc) is 3.49. The van der Waals surface area contributed by atoms with Gasteiger partial charge in [0.1, 0.15) is 18.6 Å². The molecule has 0 saturated carbocycles. The molecule has 2 aromatic carbocycles. The molecular weight excluding hydrogens is 452 g/mol. The predicted octanol–water partition coefficient (Wildman–Crippen LogP) is 1.87. The number of hydrogen-bond acceptors (Lipinski definition) is 7. The molecule has 2 aliphatic heterocycles. The summed E-state index contributed by atoms with van der Waals surface area (Å²) in [4.78, 5) is 46.3. The number of amides is 2. The molecule has 2 N–H and O–H groups in total. The number of benzene rings is 2. The number of nitrogens with one attached hydrogen (secondary N) is 2. The summed E-state index contributed by atoms with van der Waals surface area (Å²) in [6.45, 7) is 1.18. The van der Waals surface area contributed by atoms with E-state index in [1.54, 1.807) is 47.4 Å². The zero-order valence-corrected chi connectivity index (χ0v) is 18.4. The third-order valence-corrected chi connectivity index (χ3v) is 6.09. The van der Waals surface area contributed by atoms with Gasteiger partial charge in [-0.1, -0.05) is 12.1 Å². The summed E-state index contributed by atoms with van der Waals surface area (Å²) in [5.41, 5.74) is 1.79. The largest absolute Gasteiger partial charge is 0.486 e. The van der Waals surface area contributed by atoms with Crippen molar-refractivity contribution in [1.29, 1.82) is 0 Å². The first kappa shape index (κ1) is 20.9. The average molecular weight is 472 g/mol. The van der Waals surface area contributed by atoms with Crippen LogP contribution in [0.25, 0.3) is 16.7 Å². The molecule has 1 saturated heterocycles. The second kappa shape index (κ2) is 8.28. The summed E-state index contributed by atoms with van der Waals surface area (Å²) in [7, 11) is 0. The third-order valence-electron chi connectivity index (χ3n) is 6.09. The molecule has 2 aliphatic rings. The highest BCUT2D eigenvalue weighted by molar-refractivity contribution is 6.04. The number of aromatic nitrogens is 4. The maximum atomic E-state index is 13.2. The minimum atomic E-state index is -0.543. The Morgan fingerprint density at radius 1 is 1.09 bits per heavy atom. The summed E-state index contributed by atoms with van der Waals surface area (Å²) in [5.74, 6) is 0.256. The van der Waals surface area contributed by atoms with Gasteiger partial charge in [-0.3, -0.25) is 14.4 Å². The molecule has 2 amide bonds. The van der Waals surface area contributed by atoms with E-state index in [9.17, 15) is 14.4 Å². The van der Waals surface area contributed by atoms with Crippen molar-refractivity contribution in [2.75, 3.05) is 30.0 Å². The first-order chi connectivity index (χ1) is 17.1. The minimum absolute atomic E-state index is 0.0874. The highest BCUT2D eigenvalue weighted by Gasteiger charge is 2.36. The maximum Gasteiger partial charge on any atom is 0.261 e. The number of para-hydroxylation sites is 2. The molecule has 0 bridgehead atoms. The minimum Gasteiger partial charge on any atom is -0.486 e. The van der Waals surface area contributed by atoms with Crippen LogP contribution in [-0.2, 0) is 9.59 Å². The zero-order valence-electron chi connectivity index (χ0n) is 18.4. The molecular formula is C24H20N6O5. The number of anilines is 2. The molecule has 4 heterocycles. The van der Waals surface area contributed by atoms with E-state index in [-0.39, 0.29) is 30.3 Å². The summed E-state index contributed by atoms with van der Waals surface area (Å²) < 4.78 is 12.7. The van der Waals surface area contributed by atoms with E-state index in [1.165, 1.54) is 17.2 Å². The lowest BCUT2D eigenvalue weighted by atomic mass is 10.1. The molecule has 0 spiro atoms. The molecule has 11 nitrogen and oxygen atoms in total. The standard InChI is InChI=1S/C24H20N6O5/c31-21-9-14(12-29(21)15-5-6-19-20(10-15)35-8-7-34-19)23(32)28-17-3-1-2-4-18(17)30-22-16(11-27-30)24(33)26-13-25-22/h1-6,10-11,13-14H,7-9,12H2,(H,28,32)(H,25,26,33). The summed E-state index contributed by atoms with van der Waals surface area (Å²) in [6.07, 6.45) is 2.82. The number of ether oxygens (including phenoxy) is 2. The van der Waals surface area contributed by atoms with E-state index in [4.69, 9.17) is 9.47 Å². The van der Waals surface area contributed by atoms with Crippen LogP contribution in [0.15, 0.2) is 59.8 Å². The van der Waals surface area contributed by atoms with E-state index < -0.39 is 5.92 Å². The molecule has 0 radical (unpaired) electrons. The number of rotatable bonds is 4. The van der Waals surface area contributed by atoms with Crippen molar-refractivity contribution in [3.8, 4) is 17.2 Å². The number of fused-ring (bicyclic) bond motifs is 2. The van der Waals surface area contributed by atoms with Crippen LogP contribution < -0.4 is 25.2 Å². The predicted molar refractivity (Wildman–Crippen MR) is 126 cm³/mol. The van der Waals surface area contributed by atoms with Gasteiger partial charge in [-0.2, -0.15) is 5.10 Å². The van der Waals surface area contributed by atoms with Crippen molar-refractivity contribution in [2.45, 2.75) is 6.42 Å². The van der Waals surface area contributed by atoms with Crippen molar-refractivity contribution in [3.63, 3.8) is 0 Å². The summed E-state index contributed by atoms with van der Waals surface area (Å²) in [6, 6.07) is 12.4. The Morgan fingerprint density at radius 3 is 2.80 bits per heavy atom. The Bertz CT molecular complexity index is 1530. The van der Waals surface area contributed by atoms with E-state index in [0.717, 1.165) is 0 Å². The Kier molecular flexibility index (Phi) is 4.94. The Labute approximate surface area is 198 Å². The quantitative estimate of drug-likeness (QED) is 0.464. The van der Waals surface area contributed by atoms with Crippen LogP contribution in [0, 0.1) is 5.92 Å². The van der Waals surface area contributed by atoms with Crippen LogP contribution in [0.2, 0.25) is 0 Å². The number of hydrogen-bond donors (Lipinski definition) is 2. The Hall–Kier alpha value is -4.67. The molecule has 6 rings (SSSR count). The molecule has 1 unspecified atom stereocenters. The van der Waals surface area contributed by atoms with Gasteiger partial charge in [-0.15, -0.1) is 0 Å². The summed E-state index contributed by atoms with van der Waals surface area (Å²) in [5, 5.41) is 7.55. The van der Waals surface area contributed by atoms with E-state index >= 15 is 0 Å². The van der Waals surface area contributed by atoms with Crippen molar-refractivity contribution in [3.05, 3.63) is 65.3 Å². The normalized spacial score (nSPS) is 17.1. The SMILES string of the molecule is O=C(Nc1ccccc1-n1ncc2c(=O)[nH]cnc21)C1CC(=O)N(c2ccc3c(c2)OCCO3)C1. The van der Waals surface area contributed by atoms with Gasteiger partial charge in [-0.25, -0.2) is 9.67 Å². The van der Waals surface area contributed by atoms with Gasteiger partial charge in [0.05, 0.1) is 29.8 Å². The van der Waals surface area contributed by atoms with Crippen LogP contribution in [0.5, 0.6) is 11.5 Å². The van der Waals surface area contributed by atoms with Crippen molar-refractivity contribution >= 4 is 34.2 Å². The van der Waals surface area contributed by atoms with Crippen LogP contribution in [0.3, 0.4) is 0 Å². The molecule has 176 valence electrons. The molecule has 1 fully saturated rings. The molecule has 11 heteroatoms. The zero-order chi connectivity index (χ0) is 23.9. The third kappa shape index (κ3) is 3.66. The fraction of sp³-hybridized carbons (Fsp3) is 0.208.